The number of nitrogens with zero attached hydrogens (tertiary/aromatic N) is 2. The predicted octanol–water partition coefficient (Wildman–Crippen LogP) is 6.32. The first-order chi connectivity index (χ1) is 17.6. The fourth-order valence-corrected chi connectivity index (χ4v) is 4.25. The topological polar surface area (TPSA) is 88.2 Å². The number of hydrogen-bond acceptors (Lipinski definition) is 5. The highest BCUT2D eigenvalue weighted by Crippen LogP contribution is 2.34. The molecule has 0 aromatic heterocycles. The van der Waals surface area contributed by atoms with Crippen molar-refractivity contribution in [2.75, 3.05) is 16.9 Å². The Hall–Kier alpha value is -3.59. The Kier molecular flexibility index (Phi) is 7.73. The second-order valence-electron chi connectivity index (χ2n) is 8.83. The molecule has 1 aliphatic rings. The monoisotopic (exact) mass is 541 g/mol. The van der Waals surface area contributed by atoms with Crippen LogP contribution in [0.4, 0.5) is 21.0 Å². The van der Waals surface area contributed by atoms with Gasteiger partial charge in [0, 0.05) is 15.7 Å². The van der Waals surface area contributed by atoms with Gasteiger partial charge in [-0.3, -0.25) is 4.90 Å². The Labute approximate surface area is 224 Å². The lowest BCUT2D eigenvalue weighted by Gasteiger charge is -2.41. The molecular formula is C27H25Cl2N3O5. The first-order valence-electron chi connectivity index (χ1n) is 11.4. The third-order valence-electron chi connectivity index (χ3n) is 5.84. The fraction of sp³-hybridized carbons (Fsp3) is 0.222. The number of carbonyl (C=O) groups is 3. The zero-order valence-corrected chi connectivity index (χ0v) is 21.9. The summed E-state index contributed by atoms with van der Waals surface area (Å²) in [5, 5.41) is 3.74. The zero-order chi connectivity index (χ0) is 26.7. The summed E-state index contributed by atoms with van der Waals surface area (Å²) in [6, 6.07) is 19.3. The number of anilines is 2. The minimum absolute atomic E-state index is 0.166. The smallest absolute Gasteiger partial charge is 0.339 e. The highest BCUT2D eigenvalue weighted by atomic mass is 35.5. The maximum atomic E-state index is 13.8. The first-order valence-corrected chi connectivity index (χ1v) is 12.1. The standard InChI is InChI=1S/C27H25Cl2N3O5/c1-27(2,24(33)36-3)37-16-17-10-12-18(13-11-17)23-30-25(34)32(22-9-5-7-20(29)15-22)26(35)31(23)21-8-4-6-19(28)14-21/h4-15,23H,16H2,1-3H3,(H,30,34). The molecule has 0 radical (unpaired) electrons. The first kappa shape index (κ1) is 26.5. The van der Waals surface area contributed by atoms with Gasteiger partial charge in [-0.2, -0.15) is 0 Å². The molecule has 192 valence electrons. The lowest BCUT2D eigenvalue weighted by Crippen LogP contribution is -2.61. The summed E-state index contributed by atoms with van der Waals surface area (Å²) >= 11 is 12.3. The molecule has 3 aromatic carbocycles. The van der Waals surface area contributed by atoms with E-state index in [1.165, 1.54) is 12.0 Å². The van der Waals surface area contributed by atoms with Gasteiger partial charge in [-0.15, -0.1) is 0 Å². The molecule has 10 heteroatoms. The van der Waals surface area contributed by atoms with Crippen molar-refractivity contribution in [2.24, 2.45) is 0 Å². The fourth-order valence-electron chi connectivity index (χ4n) is 3.88. The van der Waals surface area contributed by atoms with Crippen LogP contribution in [-0.4, -0.2) is 30.7 Å². The zero-order valence-electron chi connectivity index (χ0n) is 20.4. The van der Waals surface area contributed by atoms with Crippen LogP contribution >= 0.6 is 23.2 Å². The molecule has 1 atom stereocenters. The molecule has 1 heterocycles. The minimum Gasteiger partial charge on any atom is -0.467 e. The number of benzene rings is 3. The lowest BCUT2D eigenvalue weighted by atomic mass is 10.1. The molecule has 37 heavy (non-hydrogen) atoms. The summed E-state index contributed by atoms with van der Waals surface area (Å²) in [5.41, 5.74) is 1.18. The van der Waals surface area contributed by atoms with Crippen LogP contribution in [0.1, 0.15) is 31.1 Å². The average Bonchev–Trinajstić information content (AvgIpc) is 2.87. The number of nitrogens with one attached hydrogen (secondary N) is 1. The number of halogens is 2. The van der Waals surface area contributed by atoms with E-state index in [2.05, 4.69) is 5.32 Å². The van der Waals surface area contributed by atoms with Crippen LogP contribution < -0.4 is 15.1 Å². The van der Waals surface area contributed by atoms with Gasteiger partial charge >= 0.3 is 18.0 Å². The third kappa shape index (κ3) is 5.72. The molecule has 0 saturated carbocycles. The number of methoxy groups -OCH3 is 1. The largest absolute Gasteiger partial charge is 0.467 e. The minimum atomic E-state index is -1.11. The van der Waals surface area contributed by atoms with Crippen LogP contribution in [-0.2, 0) is 20.9 Å². The molecule has 1 unspecified atom stereocenters. The molecule has 1 N–H and O–H groups in total. The van der Waals surface area contributed by atoms with E-state index < -0.39 is 29.8 Å². The summed E-state index contributed by atoms with van der Waals surface area (Å²) in [7, 11) is 1.31. The maximum Gasteiger partial charge on any atom is 0.339 e. The molecule has 4 rings (SSSR count). The number of carbonyl (C=O) groups excluding carboxylic acids is 3. The van der Waals surface area contributed by atoms with Crippen molar-refractivity contribution >= 4 is 52.6 Å². The number of ether oxygens (including phenoxy) is 2. The molecule has 1 fully saturated rings. The van der Waals surface area contributed by atoms with E-state index in [0.717, 1.165) is 10.5 Å². The van der Waals surface area contributed by atoms with Crippen molar-refractivity contribution in [1.29, 1.82) is 0 Å². The second-order valence-corrected chi connectivity index (χ2v) is 9.70. The summed E-state index contributed by atoms with van der Waals surface area (Å²) in [5.74, 6) is -0.478. The summed E-state index contributed by atoms with van der Waals surface area (Å²) < 4.78 is 10.5. The van der Waals surface area contributed by atoms with Gasteiger partial charge in [0.2, 0.25) is 0 Å². The van der Waals surface area contributed by atoms with E-state index >= 15 is 0 Å². The second kappa shape index (κ2) is 10.8. The van der Waals surface area contributed by atoms with Gasteiger partial charge in [-0.05, 0) is 61.4 Å². The van der Waals surface area contributed by atoms with Gasteiger partial charge in [0.1, 0.15) is 6.17 Å². The Bertz CT molecular complexity index is 1330. The number of rotatable bonds is 7. The molecule has 0 bridgehead atoms. The molecule has 1 aliphatic heterocycles. The van der Waals surface area contributed by atoms with Gasteiger partial charge in [-0.25, -0.2) is 19.3 Å². The van der Waals surface area contributed by atoms with Crippen molar-refractivity contribution in [3.63, 3.8) is 0 Å². The Balaban J connectivity index is 1.65. The molecule has 1 saturated heterocycles. The highest BCUT2D eigenvalue weighted by Gasteiger charge is 2.41. The predicted molar refractivity (Wildman–Crippen MR) is 142 cm³/mol. The number of urea groups is 2. The van der Waals surface area contributed by atoms with Gasteiger partial charge in [0.25, 0.3) is 0 Å². The normalized spacial score (nSPS) is 16.0. The molecular weight excluding hydrogens is 517 g/mol. The lowest BCUT2D eigenvalue weighted by molar-refractivity contribution is -0.166. The van der Waals surface area contributed by atoms with Gasteiger partial charge in [0.15, 0.2) is 5.60 Å². The van der Waals surface area contributed by atoms with Gasteiger partial charge in [0.05, 0.1) is 19.4 Å². The van der Waals surface area contributed by atoms with Crippen LogP contribution in [0.2, 0.25) is 10.0 Å². The van der Waals surface area contributed by atoms with E-state index in [0.29, 0.717) is 27.0 Å². The summed E-state index contributed by atoms with van der Waals surface area (Å²) in [6.07, 6.45) is -0.810. The molecule has 4 amide bonds. The molecule has 8 nitrogen and oxygen atoms in total. The van der Waals surface area contributed by atoms with Crippen LogP contribution in [0.3, 0.4) is 0 Å². The van der Waals surface area contributed by atoms with Crippen molar-refractivity contribution < 1.29 is 23.9 Å². The maximum absolute atomic E-state index is 13.8. The van der Waals surface area contributed by atoms with Crippen molar-refractivity contribution in [3.05, 3.63) is 94.0 Å². The Morgan fingerprint density at radius 2 is 1.54 bits per heavy atom. The summed E-state index contributed by atoms with van der Waals surface area (Å²) in [6.45, 7) is 3.43. The van der Waals surface area contributed by atoms with Crippen LogP contribution in [0.15, 0.2) is 72.8 Å². The van der Waals surface area contributed by atoms with Gasteiger partial charge in [-0.1, -0.05) is 59.6 Å². The third-order valence-corrected chi connectivity index (χ3v) is 6.31. The van der Waals surface area contributed by atoms with Crippen molar-refractivity contribution in [1.82, 2.24) is 5.32 Å². The average molecular weight is 542 g/mol. The highest BCUT2D eigenvalue weighted by molar-refractivity contribution is 6.32. The van der Waals surface area contributed by atoms with Crippen molar-refractivity contribution in [2.45, 2.75) is 32.2 Å². The number of amides is 4. The van der Waals surface area contributed by atoms with Gasteiger partial charge < -0.3 is 14.8 Å². The Morgan fingerprint density at radius 1 is 0.946 bits per heavy atom. The van der Waals surface area contributed by atoms with E-state index in [1.807, 2.05) is 0 Å². The van der Waals surface area contributed by atoms with Crippen molar-refractivity contribution in [3.8, 4) is 0 Å². The van der Waals surface area contributed by atoms with E-state index in [9.17, 15) is 14.4 Å². The van der Waals surface area contributed by atoms with E-state index in [1.54, 1.807) is 86.6 Å². The van der Waals surface area contributed by atoms with Crippen LogP contribution in [0.25, 0.3) is 0 Å². The van der Waals surface area contributed by atoms with E-state index in [-0.39, 0.29) is 6.61 Å². The van der Waals surface area contributed by atoms with E-state index in [4.69, 9.17) is 32.7 Å². The molecule has 0 aliphatic carbocycles. The quantitative estimate of drug-likeness (QED) is 0.353. The van der Waals surface area contributed by atoms with Crippen LogP contribution in [0, 0.1) is 0 Å². The number of hydrogen-bond donors (Lipinski definition) is 1. The molecule has 0 spiro atoms. The summed E-state index contributed by atoms with van der Waals surface area (Å²) in [4.78, 5) is 41.3. The Morgan fingerprint density at radius 3 is 2.14 bits per heavy atom. The molecule has 3 aromatic rings. The van der Waals surface area contributed by atoms with Crippen LogP contribution in [0.5, 0.6) is 0 Å². The number of esters is 1. The SMILES string of the molecule is COC(=O)C(C)(C)OCc1ccc(C2NC(=O)N(c3cccc(Cl)c3)C(=O)N2c2cccc(Cl)c2)cc1. The number of imide groups is 1.